The third kappa shape index (κ3) is 4.24. The molecule has 2 fully saturated rings. The summed E-state index contributed by atoms with van der Waals surface area (Å²) in [5.41, 5.74) is 0.698. The highest BCUT2D eigenvalue weighted by molar-refractivity contribution is 7.80. The van der Waals surface area contributed by atoms with Gasteiger partial charge in [0.2, 0.25) is 0 Å². The van der Waals surface area contributed by atoms with Crippen molar-refractivity contribution in [1.29, 1.82) is 0 Å². The van der Waals surface area contributed by atoms with Crippen molar-refractivity contribution in [3.63, 3.8) is 0 Å². The summed E-state index contributed by atoms with van der Waals surface area (Å²) >= 11 is 5.12. The average molecular weight is 453 g/mol. The van der Waals surface area contributed by atoms with Crippen LogP contribution in [0.25, 0.3) is 6.08 Å². The van der Waals surface area contributed by atoms with E-state index in [4.69, 9.17) is 12.2 Å². The molecule has 0 spiro atoms. The molecule has 0 saturated carbocycles. The van der Waals surface area contributed by atoms with Crippen molar-refractivity contribution in [1.82, 2.24) is 5.32 Å². The monoisotopic (exact) mass is 453 g/mol. The Labute approximate surface area is 189 Å². The smallest absolute Gasteiger partial charge is 0.335 e. The molecule has 4 rings (SSSR count). The Balaban J connectivity index is 1.66. The second-order valence-electron chi connectivity index (χ2n) is 7.57. The van der Waals surface area contributed by atoms with E-state index in [0.29, 0.717) is 0 Å². The first kappa shape index (κ1) is 21.6. The molecule has 2 heterocycles. The summed E-state index contributed by atoms with van der Waals surface area (Å²) in [4.78, 5) is 40.0. The molecule has 2 aromatic rings. The zero-order valence-electron chi connectivity index (χ0n) is 17.0. The van der Waals surface area contributed by atoms with E-state index in [1.807, 2.05) is 0 Å². The zero-order valence-corrected chi connectivity index (χ0v) is 17.8. The molecule has 0 bridgehead atoms. The lowest BCUT2D eigenvalue weighted by atomic mass is 10.0. The van der Waals surface area contributed by atoms with Crippen LogP contribution >= 0.6 is 12.2 Å². The van der Waals surface area contributed by atoms with Gasteiger partial charge in [0, 0.05) is 24.3 Å². The fraction of sp³-hybridized carbons (Fsp3) is 0.217. The van der Waals surface area contributed by atoms with E-state index >= 15 is 0 Å². The van der Waals surface area contributed by atoms with Gasteiger partial charge in [-0.25, -0.2) is 9.18 Å². The van der Waals surface area contributed by atoms with Gasteiger partial charge in [0.25, 0.3) is 11.8 Å². The summed E-state index contributed by atoms with van der Waals surface area (Å²) in [6.45, 7) is 1.73. The predicted molar refractivity (Wildman–Crippen MR) is 122 cm³/mol. The van der Waals surface area contributed by atoms with E-state index in [1.165, 1.54) is 42.5 Å². The van der Waals surface area contributed by atoms with Crippen LogP contribution in [0.15, 0.2) is 48.0 Å². The third-order valence-electron chi connectivity index (χ3n) is 5.46. The number of amides is 2. The summed E-state index contributed by atoms with van der Waals surface area (Å²) in [6.07, 6.45) is 4.46. The van der Waals surface area contributed by atoms with Crippen LogP contribution in [-0.2, 0) is 9.59 Å². The summed E-state index contributed by atoms with van der Waals surface area (Å²) in [5, 5.41) is 11.4. The summed E-state index contributed by atoms with van der Waals surface area (Å²) in [6, 6.07) is 10.3. The number of thiocarbonyl (C=S) groups is 1. The zero-order chi connectivity index (χ0) is 22.8. The molecular formula is C23H20FN3O4S. The van der Waals surface area contributed by atoms with Gasteiger partial charge in [0.15, 0.2) is 5.11 Å². The molecular weight excluding hydrogens is 433 g/mol. The molecule has 0 radical (unpaired) electrons. The number of rotatable bonds is 4. The molecule has 0 aromatic heterocycles. The molecule has 7 nitrogen and oxygen atoms in total. The number of hydrogen-bond acceptors (Lipinski definition) is 5. The first-order valence-electron chi connectivity index (χ1n) is 10.1. The van der Waals surface area contributed by atoms with Crippen molar-refractivity contribution >= 4 is 52.6 Å². The SMILES string of the molecule is O=C1NC(=S)N(c2cccc(C(=O)O)c2)C(=O)C1=Cc1ccc(N2CCCCC2)cc1F. The highest BCUT2D eigenvalue weighted by atomic mass is 32.1. The van der Waals surface area contributed by atoms with Crippen molar-refractivity contribution in [2.24, 2.45) is 0 Å². The van der Waals surface area contributed by atoms with E-state index in [-0.39, 0.29) is 27.5 Å². The maximum Gasteiger partial charge on any atom is 0.335 e. The van der Waals surface area contributed by atoms with Crippen LogP contribution in [0.2, 0.25) is 0 Å². The fourth-order valence-electron chi connectivity index (χ4n) is 3.81. The van der Waals surface area contributed by atoms with Gasteiger partial charge in [0.1, 0.15) is 11.4 Å². The second kappa shape index (κ2) is 8.88. The van der Waals surface area contributed by atoms with Gasteiger partial charge in [-0.1, -0.05) is 6.07 Å². The Morgan fingerprint density at radius 2 is 1.81 bits per heavy atom. The lowest BCUT2D eigenvalue weighted by Crippen LogP contribution is -2.54. The number of carboxylic acid groups (broad SMARTS) is 1. The number of carboxylic acids is 1. The van der Waals surface area contributed by atoms with Crippen LogP contribution in [0.3, 0.4) is 0 Å². The van der Waals surface area contributed by atoms with E-state index < -0.39 is 23.6 Å². The van der Waals surface area contributed by atoms with Gasteiger partial charge in [-0.05, 0) is 74.0 Å². The highest BCUT2D eigenvalue weighted by Crippen LogP contribution is 2.26. The Morgan fingerprint density at radius 3 is 2.50 bits per heavy atom. The molecule has 0 unspecified atom stereocenters. The van der Waals surface area contributed by atoms with E-state index in [1.54, 1.807) is 6.07 Å². The molecule has 2 aliphatic rings. The predicted octanol–water partition coefficient (Wildman–Crippen LogP) is 3.35. The van der Waals surface area contributed by atoms with Crippen molar-refractivity contribution in [2.45, 2.75) is 19.3 Å². The number of benzene rings is 2. The molecule has 0 aliphatic carbocycles. The number of halogens is 1. The molecule has 9 heteroatoms. The van der Waals surface area contributed by atoms with Gasteiger partial charge in [-0.3, -0.25) is 19.8 Å². The molecule has 2 aliphatic heterocycles. The summed E-state index contributed by atoms with van der Waals surface area (Å²) in [5.74, 6) is -3.22. The minimum absolute atomic E-state index is 0.0418. The summed E-state index contributed by atoms with van der Waals surface area (Å²) < 4.78 is 14.8. The Bertz CT molecular complexity index is 1160. The van der Waals surface area contributed by atoms with Crippen LogP contribution in [0.5, 0.6) is 0 Å². The fourth-order valence-corrected chi connectivity index (χ4v) is 4.09. The number of nitrogens with zero attached hydrogens (tertiary/aromatic N) is 2. The first-order valence-corrected chi connectivity index (χ1v) is 10.6. The molecule has 164 valence electrons. The number of anilines is 2. The normalized spacial score (nSPS) is 18.2. The molecule has 32 heavy (non-hydrogen) atoms. The molecule has 2 saturated heterocycles. The highest BCUT2D eigenvalue weighted by Gasteiger charge is 2.35. The Morgan fingerprint density at radius 1 is 1.06 bits per heavy atom. The van der Waals surface area contributed by atoms with Crippen LogP contribution in [0.4, 0.5) is 15.8 Å². The number of aromatic carboxylic acids is 1. The van der Waals surface area contributed by atoms with Crippen LogP contribution in [0.1, 0.15) is 35.2 Å². The van der Waals surface area contributed by atoms with E-state index in [9.17, 15) is 23.9 Å². The van der Waals surface area contributed by atoms with Gasteiger partial charge in [-0.2, -0.15) is 0 Å². The maximum atomic E-state index is 14.8. The van der Waals surface area contributed by atoms with Crippen molar-refractivity contribution < 1.29 is 23.9 Å². The van der Waals surface area contributed by atoms with Crippen molar-refractivity contribution in [3.8, 4) is 0 Å². The van der Waals surface area contributed by atoms with E-state index in [0.717, 1.165) is 42.9 Å². The largest absolute Gasteiger partial charge is 0.478 e. The van der Waals surface area contributed by atoms with Gasteiger partial charge in [-0.15, -0.1) is 0 Å². The molecule has 2 amide bonds. The summed E-state index contributed by atoms with van der Waals surface area (Å²) in [7, 11) is 0. The lowest BCUT2D eigenvalue weighted by Gasteiger charge is -2.29. The topological polar surface area (TPSA) is 90.0 Å². The lowest BCUT2D eigenvalue weighted by molar-refractivity contribution is -0.122. The van der Waals surface area contributed by atoms with Crippen molar-refractivity contribution in [2.75, 3.05) is 22.9 Å². The minimum atomic E-state index is -1.17. The number of piperidine rings is 1. The molecule has 2 aromatic carbocycles. The van der Waals surface area contributed by atoms with E-state index in [2.05, 4.69) is 10.2 Å². The third-order valence-corrected chi connectivity index (χ3v) is 5.74. The second-order valence-corrected chi connectivity index (χ2v) is 7.95. The minimum Gasteiger partial charge on any atom is -0.478 e. The van der Waals surface area contributed by atoms with Gasteiger partial charge in [0.05, 0.1) is 11.3 Å². The standard InChI is InChI=1S/C23H20FN3O4S/c24-19-13-16(26-9-2-1-3-10-26)8-7-14(19)12-18-20(28)25-23(32)27(21(18)29)17-6-4-5-15(11-17)22(30)31/h4-8,11-13H,1-3,9-10H2,(H,30,31)(H,25,28,32). The Hall–Kier alpha value is -3.59. The molecule has 0 atom stereocenters. The van der Waals surface area contributed by atoms with Gasteiger partial charge >= 0.3 is 5.97 Å². The Kier molecular flexibility index (Phi) is 6.00. The molecule has 2 N–H and O–H groups in total. The number of carbonyl (C=O) groups is 3. The van der Waals surface area contributed by atoms with Crippen molar-refractivity contribution in [3.05, 3.63) is 65.0 Å². The van der Waals surface area contributed by atoms with Crippen LogP contribution in [0, 0.1) is 5.82 Å². The van der Waals surface area contributed by atoms with Gasteiger partial charge < -0.3 is 10.0 Å². The maximum absolute atomic E-state index is 14.8. The number of hydrogen-bond donors (Lipinski definition) is 2. The quantitative estimate of drug-likeness (QED) is 0.419. The number of nitrogens with one attached hydrogen (secondary N) is 1. The van der Waals surface area contributed by atoms with Crippen LogP contribution in [-0.4, -0.2) is 41.1 Å². The average Bonchev–Trinajstić information content (AvgIpc) is 2.78. The first-order chi connectivity index (χ1) is 15.3. The van der Waals surface area contributed by atoms with Crippen LogP contribution < -0.4 is 15.1 Å². The number of carbonyl (C=O) groups excluding carboxylic acids is 2.